The minimum atomic E-state index is -1.44. The molecule has 3 aromatic rings. The molecule has 1 saturated carbocycles. The van der Waals surface area contributed by atoms with Gasteiger partial charge in [-0.25, -0.2) is 18.4 Å². The van der Waals surface area contributed by atoms with Gasteiger partial charge in [0.2, 0.25) is 5.43 Å². The average molecular weight is 512 g/mol. The number of rotatable bonds is 5. The van der Waals surface area contributed by atoms with E-state index >= 15 is 8.78 Å². The zero-order valence-electron chi connectivity index (χ0n) is 20.7. The van der Waals surface area contributed by atoms with E-state index in [1.807, 2.05) is 18.2 Å². The van der Waals surface area contributed by atoms with Gasteiger partial charge in [0.1, 0.15) is 22.7 Å². The average Bonchev–Trinajstić information content (AvgIpc) is 3.55. The number of fused-ring (bicyclic) bond motifs is 2. The van der Waals surface area contributed by atoms with Crippen LogP contribution in [0.5, 0.6) is 0 Å². The van der Waals surface area contributed by atoms with Crippen LogP contribution in [-0.4, -0.2) is 27.3 Å². The zero-order chi connectivity index (χ0) is 26.6. The zero-order valence-corrected chi connectivity index (χ0v) is 20.7. The van der Waals surface area contributed by atoms with E-state index in [2.05, 4.69) is 5.32 Å². The van der Waals surface area contributed by atoms with E-state index in [9.17, 15) is 19.5 Å². The standard InChI is InChI=1S/C27H27F2N3O5/c1-27(2,3)37-26(36)30-10-14-5-4-6-15-11-31(12-18(14)15)23-20(28)9-17-22(21(23)29)32(16-7-8-16)13-19(24(17)33)25(34)35/h4-6,9,13,16H,7-8,10-12H2,1-3H3,(H,30,36)(H,34,35). The SMILES string of the molecule is CC(C)(C)OC(=O)NCc1cccc2c1CN(c1c(F)cc3c(=O)c(C(=O)O)cn(C4CC4)c3c1F)C2. The molecule has 0 spiro atoms. The molecule has 5 rings (SSSR count). The molecule has 8 nitrogen and oxygen atoms in total. The maximum Gasteiger partial charge on any atom is 0.407 e. The third-order valence-electron chi connectivity index (χ3n) is 6.57. The normalized spacial score (nSPS) is 15.1. The number of nitrogens with one attached hydrogen (secondary N) is 1. The number of benzene rings is 2. The van der Waals surface area contributed by atoms with Crippen LogP contribution >= 0.6 is 0 Å². The molecule has 0 bridgehead atoms. The van der Waals surface area contributed by atoms with E-state index in [0.29, 0.717) is 12.8 Å². The number of aromatic nitrogens is 1. The molecule has 0 unspecified atom stereocenters. The maximum atomic E-state index is 16.0. The fraction of sp³-hybridized carbons (Fsp3) is 0.370. The Morgan fingerprint density at radius 1 is 1.19 bits per heavy atom. The molecule has 0 saturated heterocycles. The first-order chi connectivity index (χ1) is 17.4. The van der Waals surface area contributed by atoms with Gasteiger partial charge < -0.3 is 24.6 Å². The molecule has 2 aliphatic rings. The quantitative estimate of drug-likeness (QED) is 0.508. The van der Waals surface area contributed by atoms with Crippen molar-refractivity contribution in [3.05, 3.63) is 74.6 Å². The molecule has 2 aromatic carbocycles. The van der Waals surface area contributed by atoms with Crippen molar-refractivity contribution in [2.75, 3.05) is 4.90 Å². The number of pyridine rings is 1. The summed E-state index contributed by atoms with van der Waals surface area (Å²) in [5.74, 6) is -3.26. The molecule has 1 aliphatic carbocycles. The predicted molar refractivity (Wildman–Crippen MR) is 133 cm³/mol. The molecule has 10 heteroatoms. The Kier molecular flexibility index (Phi) is 5.92. The number of alkyl carbamates (subject to hydrolysis) is 1. The Morgan fingerprint density at radius 3 is 2.57 bits per heavy atom. The van der Waals surface area contributed by atoms with E-state index in [4.69, 9.17) is 4.74 Å². The van der Waals surface area contributed by atoms with Crippen LogP contribution in [0.25, 0.3) is 10.9 Å². The number of aromatic carboxylic acids is 1. The van der Waals surface area contributed by atoms with Crippen LogP contribution in [0, 0.1) is 11.6 Å². The number of anilines is 1. The smallest absolute Gasteiger partial charge is 0.407 e. The fourth-order valence-corrected chi connectivity index (χ4v) is 4.81. The number of carbonyl (C=O) groups is 2. The lowest BCUT2D eigenvalue weighted by Crippen LogP contribution is -2.32. The number of amides is 1. The summed E-state index contributed by atoms with van der Waals surface area (Å²) >= 11 is 0. The lowest BCUT2D eigenvalue weighted by molar-refractivity contribution is 0.0522. The first kappa shape index (κ1) is 24.7. The van der Waals surface area contributed by atoms with Gasteiger partial charge in [0.25, 0.3) is 0 Å². The van der Waals surface area contributed by atoms with E-state index in [-0.39, 0.29) is 42.3 Å². The van der Waals surface area contributed by atoms with Crippen LogP contribution in [0.4, 0.5) is 19.3 Å². The fourth-order valence-electron chi connectivity index (χ4n) is 4.81. The second-order valence-electron chi connectivity index (χ2n) is 10.5. The van der Waals surface area contributed by atoms with E-state index in [0.717, 1.165) is 29.0 Å². The first-order valence-corrected chi connectivity index (χ1v) is 12.1. The van der Waals surface area contributed by atoms with Crippen LogP contribution in [-0.2, 0) is 24.4 Å². The Balaban J connectivity index is 1.50. The highest BCUT2D eigenvalue weighted by molar-refractivity contribution is 5.94. The van der Waals surface area contributed by atoms with Crippen molar-refractivity contribution in [3.8, 4) is 0 Å². The van der Waals surface area contributed by atoms with Crippen LogP contribution in [0.1, 0.15) is 66.7 Å². The highest BCUT2D eigenvalue weighted by Gasteiger charge is 2.33. The molecule has 194 valence electrons. The number of hydrogen-bond donors (Lipinski definition) is 2. The first-order valence-electron chi connectivity index (χ1n) is 12.1. The summed E-state index contributed by atoms with van der Waals surface area (Å²) in [6.45, 7) is 5.92. The molecule has 0 atom stereocenters. The molecule has 1 fully saturated rings. The lowest BCUT2D eigenvalue weighted by Gasteiger charge is -2.22. The van der Waals surface area contributed by atoms with Crippen molar-refractivity contribution in [2.45, 2.75) is 64.9 Å². The van der Waals surface area contributed by atoms with Crippen molar-refractivity contribution in [1.29, 1.82) is 0 Å². The van der Waals surface area contributed by atoms with E-state index in [1.165, 1.54) is 4.57 Å². The van der Waals surface area contributed by atoms with Crippen LogP contribution in [0.3, 0.4) is 0 Å². The number of carbonyl (C=O) groups excluding carboxylic acids is 1. The summed E-state index contributed by atoms with van der Waals surface area (Å²) in [5, 5.41) is 11.9. The Labute approximate surface area is 211 Å². The highest BCUT2D eigenvalue weighted by Crippen LogP contribution is 2.41. The molecular formula is C27H27F2N3O5. The second-order valence-corrected chi connectivity index (χ2v) is 10.5. The third-order valence-corrected chi connectivity index (χ3v) is 6.57. The van der Waals surface area contributed by atoms with Crippen molar-refractivity contribution < 1.29 is 28.2 Å². The summed E-state index contributed by atoms with van der Waals surface area (Å²) in [6, 6.07) is 6.32. The van der Waals surface area contributed by atoms with Gasteiger partial charge in [-0.15, -0.1) is 0 Å². The van der Waals surface area contributed by atoms with Crippen molar-refractivity contribution >= 4 is 28.7 Å². The second kappa shape index (κ2) is 8.86. The van der Waals surface area contributed by atoms with Gasteiger partial charge in [-0.3, -0.25) is 4.79 Å². The molecule has 1 aliphatic heterocycles. The Morgan fingerprint density at radius 2 is 1.92 bits per heavy atom. The summed E-state index contributed by atoms with van der Waals surface area (Å²) < 4.78 is 38.1. The lowest BCUT2D eigenvalue weighted by atomic mass is 10.0. The molecule has 0 radical (unpaired) electrons. The largest absolute Gasteiger partial charge is 0.477 e. The molecule has 1 aromatic heterocycles. The number of nitrogens with zero attached hydrogens (tertiary/aromatic N) is 2. The molecule has 37 heavy (non-hydrogen) atoms. The van der Waals surface area contributed by atoms with Gasteiger partial charge in [0.15, 0.2) is 5.82 Å². The van der Waals surface area contributed by atoms with E-state index in [1.54, 1.807) is 25.7 Å². The molecule has 2 N–H and O–H groups in total. The number of carboxylic acid groups (broad SMARTS) is 1. The van der Waals surface area contributed by atoms with Crippen molar-refractivity contribution in [3.63, 3.8) is 0 Å². The highest BCUT2D eigenvalue weighted by atomic mass is 19.1. The topological polar surface area (TPSA) is 101 Å². The third kappa shape index (κ3) is 4.63. The minimum absolute atomic E-state index is 0.0864. The summed E-state index contributed by atoms with van der Waals surface area (Å²) in [6.07, 6.45) is 2.03. The minimum Gasteiger partial charge on any atom is -0.477 e. The van der Waals surface area contributed by atoms with Crippen LogP contribution < -0.4 is 15.6 Å². The Hall–Kier alpha value is -3.95. The number of halogens is 2. The van der Waals surface area contributed by atoms with Gasteiger partial charge in [-0.2, -0.15) is 0 Å². The van der Waals surface area contributed by atoms with Gasteiger partial charge >= 0.3 is 12.1 Å². The van der Waals surface area contributed by atoms with E-state index < -0.39 is 40.3 Å². The number of carboxylic acids is 1. The monoisotopic (exact) mass is 511 g/mol. The summed E-state index contributed by atoms with van der Waals surface area (Å²) in [5.41, 5.74) is 0.0841. The van der Waals surface area contributed by atoms with Crippen LogP contribution in [0.15, 0.2) is 35.3 Å². The predicted octanol–water partition coefficient (Wildman–Crippen LogP) is 4.86. The number of hydrogen-bond acceptors (Lipinski definition) is 5. The van der Waals surface area contributed by atoms with Gasteiger partial charge in [0, 0.05) is 31.9 Å². The summed E-state index contributed by atoms with van der Waals surface area (Å²) in [4.78, 5) is 38.0. The summed E-state index contributed by atoms with van der Waals surface area (Å²) in [7, 11) is 0. The van der Waals surface area contributed by atoms with Gasteiger partial charge in [-0.1, -0.05) is 18.2 Å². The van der Waals surface area contributed by atoms with Crippen LogP contribution in [0.2, 0.25) is 0 Å². The molecular weight excluding hydrogens is 484 g/mol. The van der Waals surface area contributed by atoms with Crippen molar-refractivity contribution in [1.82, 2.24) is 9.88 Å². The van der Waals surface area contributed by atoms with Gasteiger partial charge in [-0.05, 0) is 56.4 Å². The van der Waals surface area contributed by atoms with Crippen molar-refractivity contribution in [2.24, 2.45) is 0 Å². The molecule has 1 amide bonds. The maximum absolute atomic E-state index is 16.0. The molecule has 2 heterocycles. The van der Waals surface area contributed by atoms with Gasteiger partial charge in [0.05, 0.1) is 10.9 Å². The Bertz CT molecular complexity index is 1500. The number of ether oxygens (including phenoxy) is 1.